The summed E-state index contributed by atoms with van der Waals surface area (Å²) in [6.07, 6.45) is 0. The molecule has 0 spiro atoms. The summed E-state index contributed by atoms with van der Waals surface area (Å²) in [5.74, 6) is 1.69. The number of sulfone groups is 1. The van der Waals surface area contributed by atoms with Crippen molar-refractivity contribution in [3.63, 3.8) is 0 Å². The highest BCUT2D eigenvalue weighted by atomic mass is 32.2. The average molecular weight is 378 g/mol. The Morgan fingerprint density at radius 1 is 0.885 bits per heavy atom. The first kappa shape index (κ1) is 20.1. The van der Waals surface area contributed by atoms with Crippen molar-refractivity contribution in [3.8, 4) is 17.2 Å². The van der Waals surface area contributed by atoms with Crippen LogP contribution in [0.3, 0.4) is 0 Å². The minimum absolute atomic E-state index is 0.0826. The summed E-state index contributed by atoms with van der Waals surface area (Å²) in [5.41, 5.74) is 1.70. The molecule has 2 aromatic carbocycles. The van der Waals surface area contributed by atoms with Gasteiger partial charge in [0.25, 0.3) is 0 Å². The van der Waals surface area contributed by atoms with E-state index in [1.54, 1.807) is 41.2 Å². The molecule has 0 aliphatic carbocycles. The highest BCUT2D eigenvalue weighted by Crippen LogP contribution is 2.39. The lowest BCUT2D eigenvalue weighted by Crippen LogP contribution is -2.28. The van der Waals surface area contributed by atoms with Gasteiger partial charge in [-0.25, -0.2) is 8.42 Å². The third-order valence-corrected chi connectivity index (χ3v) is 6.90. The largest absolute Gasteiger partial charge is 0.497 e. The molecule has 0 amide bonds. The van der Waals surface area contributed by atoms with Crippen molar-refractivity contribution in [2.24, 2.45) is 0 Å². The fourth-order valence-electron chi connectivity index (χ4n) is 3.06. The zero-order valence-electron chi connectivity index (χ0n) is 15.9. The Morgan fingerprint density at radius 2 is 1.46 bits per heavy atom. The Bertz CT molecular complexity index is 828. The van der Waals surface area contributed by atoms with Crippen molar-refractivity contribution < 1.29 is 22.6 Å². The molecule has 142 valence electrons. The molecule has 2 rings (SSSR count). The number of ether oxygens (including phenoxy) is 3. The van der Waals surface area contributed by atoms with E-state index >= 15 is 0 Å². The molecule has 0 saturated carbocycles. The molecule has 0 unspecified atom stereocenters. The molecular formula is C20H26O5S. The van der Waals surface area contributed by atoms with Gasteiger partial charge in [-0.2, -0.15) is 0 Å². The van der Waals surface area contributed by atoms with Gasteiger partial charge in [-0.15, -0.1) is 0 Å². The fourth-order valence-corrected chi connectivity index (χ4v) is 4.30. The molecule has 0 aliphatic heterocycles. The molecule has 0 aliphatic rings. The van der Waals surface area contributed by atoms with Crippen LogP contribution in [0.4, 0.5) is 0 Å². The molecule has 26 heavy (non-hydrogen) atoms. The molecule has 6 heteroatoms. The quantitative estimate of drug-likeness (QED) is 0.701. The van der Waals surface area contributed by atoms with Crippen molar-refractivity contribution in [2.45, 2.75) is 25.0 Å². The topological polar surface area (TPSA) is 61.8 Å². The first-order valence-electron chi connectivity index (χ1n) is 8.45. The van der Waals surface area contributed by atoms with E-state index in [0.717, 1.165) is 16.9 Å². The maximum Gasteiger partial charge on any atom is 0.153 e. The average Bonchev–Trinajstić information content (AvgIpc) is 2.68. The van der Waals surface area contributed by atoms with Gasteiger partial charge in [-0.1, -0.05) is 25.1 Å². The van der Waals surface area contributed by atoms with Gasteiger partial charge >= 0.3 is 0 Å². The number of hydrogen-bond acceptors (Lipinski definition) is 5. The summed E-state index contributed by atoms with van der Waals surface area (Å²) in [4.78, 5) is 0. The van der Waals surface area contributed by atoms with E-state index in [2.05, 4.69) is 0 Å². The predicted octanol–water partition coefficient (Wildman–Crippen LogP) is 3.67. The molecule has 0 heterocycles. The van der Waals surface area contributed by atoms with Gasteiger partial charge in [0.2, 0.25) is 0 Å². The Hall–Kier alpha value is -2.21. The second-order valence-corrected chi connectivity index (χ2v) is 8.66. The number of methoxy groups -OCH3 is 3. The van der Waals surface area contributed by atoms with Crippen LogP contribution in [0, 0.1) is 0 Å². The number of hydrogen-bond donors (Lipinski definition) is 0. The maximum atomic E-state index is 12.6. The maximum absolute atomic E-state index is 12.6. The first-order chi connectivity index (χ1) is 12.4. The van der Waals surface area contributed by atoms with Gasteiger partial charge in [-0.05, 0) is 30.7 Å². The van der Waals surface area contributed by atoms with Crippen LogP contribution in [-0.2, 0) is 9.84 Å². The van der Waals surface area contributed by atoms with E-state index in [0.29, 0.717) is 11.5 Å². The normalized spacial score (nSPS) is 13.7. The Kier molecular flexibility index (Phi) is 6.53. The van der Waals surface area contributed by atoms with E-state index in [-0.39, 0.29) is 11.7 Å². The van der Waals surface area contributed by atoms with Crippen molar-refractivity contribution in [1.82, 2.24) is 0 Å². The van der Waals surface area contributed by atoms with Gasteiger partial charge < -0.3 is 14.2 Å². The molecule has 0 radical (unpaired) electrons. The minimum atomic E-state index is -3.27. The van der Waals surface area contributed by atoms with Crippen LogP contribution in [0.15, 0.2) is 42.5 Å². The van der Waals surface area contributed by atoms with E-state index in [4.69, 9.17) is 14.2 Å². The van der Waals surface area contributed by atoms with Gasteiger partial charge in [0, 0.05) is 23.3 Å². The molecule has 5 nitrogen and oxygen atoms in total. The second-order valence-electron chi connectivity index (χ2n) is 6.02. The Morgan fingerprint density at radius 3 is 1.96 bits per heavy atom. The van der Waals surface area contributed by atoms with Crippen LogP contribution in [0.1, 0.15) is 30.9 Å². The summed E-state index contributed by atoms with van der Waals surface area (Å²) in [6.45, 7) is 3.42. The SMILES string of the molecule is CCS(=O)(=O)[C@H](C)[C@H](c1ccc(OC)cc1)c1ccc(OC)cc1OC. The second kappa shape index (κ2) is 8.45. The van der Waals surface area contributed by atoms with E-state index in [1.165, 1.54) is 0 Å². The zero-order valence-corrected chi connectivity index (χ0v) is 16.7. The Balaban J connectivity index is 2.63. The lowest BCUT2D eigenvalue weighted by molar-refractivity contribution is 0.389. The standard InChI is InChI=1S/C20H26O5S/c1-6-26(21,22)14(2)20(15-7-9-16(23-3)10-8-15)18-12-11-17(24-4)13-19(18)25-5/h7-14,20H,6H2,1-5H3/t14-,20-/m1/s1. The summed E-state index contributed by atoms with van der Waals surface area (Å²) in [5, 5.41) is -0.608. The van der Waals surface area contributed by atoms with E-state index in [9.17, 15) is 8.42 Å². The lowest BCUT2D eigenvalue weighted by atomic mass is 9.88. The van der Waals surface area contributed by atoms with Crippen molar-refractivity contribution in [1.29, 1.82) is 0 Å². The molecule has 0 fully saturated rings. The fraction of sp³-hybridized carbons (Fsp3) is 0.400. The Labute approximate surface area is 155 Å². The third-order valence-electron chi connectivity index (χ3n) is 4.69. The van der Waals surface area contributed by atoms with Gasteiger partial charge in [0.05, 0.1) is 26.6 Å². The molecule has 0 aromatic heterocycles. The molecular weight excluding hydrogens is 352 g/mol. The minimum Gasteiger partial charge on any atom is -0.497 e. The van der Waals surface area contributed by atoms with Crippen molar-refractivity contribution in [2.75, 3.05) is 27.1 Å². The van der Waals surface area contributed by atoms with Gasteiger partial charge in [-0.3, -0.25) is 0 Å². The lowest BCUT2D eigenvalue weighted by Gasteiger charge is -2.26. The van der Waals surface area contributed by atoms with Gasteiger partial charge in [0.1, 0.15) is 17.2 Å². The number of benzene rings is 2. The van der Waals surface area contributed by atoms with Crippen LogP contribution in [-0.4, -0.2) is 40.7 Å². The monoisotopic (exact) mass is 378 g/mol. The van der Waals surface area contributed by atoms with Crippen LogP contribution in [0.2, 0.25) is 0 Å². The zero-order chi connectivity index (χ0) is 19.3. The van der Waals surface area contributed by atoms with Crippen molar-refractivity contribution in [3.05, 3.63) is 53.6 Å². The van der Waals surface area contributed by atoms with Crippen LogP contribution >= 0.6 is 0 Å². The van der Waals surface area contributed by atoms with E-state index in [1.807, 2.05) is 36.4 Å². The smallest absolute Gasteiger partial charge is 0.153 e. The predicted molar refractivity (Wildman–Crippen MR) is 103 cm³/mol. The first-order valence-corrected chi connectivity index (χ1v) is 10.2. The number of rotatable bonds is 8. The van der Waals surface area contributed by atoms with Crippen molar-refractivity contribution >= 4 is 9.84 Å². The van der Waals surface area contributed by atoms with Crippen LogP contribution in [0.25, 0.3) is 0 Å². The molecule has 2 aromatic rings. The molecule has 2 atom stereocenters. The highest BCUT2D eigenvalue weighted by molar-refractivity contribution is 7.92. The summed E-state index contributed by atoms with van der Waals surface area (Å²) >= 11 is 0. The summed E-state index contributed by atoms with van der Waals surface area (Å²) in [7, 11) is 1.49. The van der Waals surface area contributed by atoms with E-state index < -0.39 is 15.1 Å². The van der Waals surface area contributed by atoms with Gasteiger partial charge in [0.15, 0.2) is 9.84 Å². The van der Waals surface area contributed by atoms with Crippen LogP contribution < -0.4 is 14.2 Å². The molecule has 0 saturated heterocycles. The summed E-state index contributed by atoms with van der Waals surface area (Å²) in [6, 6.07) is 12.9. The summed E-state index contributed by atoms with van der Waals surface area (Å²) < 4.78 is 41.3. The molecule has 0 bridgehead atoms. The highest BCUT2D eigenvalue weighted by Gasteiger charge is 2.32. The third kappa shape index (κ3) is 4.12. The van der Waals surface area contributed by atoms with Crippen LogP contribution in [0.5, 0.6) is 17.2 Å². The molecule has 0 N–H and O–H groups in total.